The van der Waals surface area contributed by atoms with Crippen molar-refractivity contribution in [3.8, 4) is 17.1 Å². The van der Waals surface area contributed by atoms with Gasteiger partial charge in [-0.2, -0.15) is 4.98 Å². The van der Waals surface area contributed by atoms with Gasteiger partial charge in [0, 0.05) is 60.5 Å². The largest absolute Gasteiger partial charge is 0.467 e. The lowest BCUT2D eigenvalue weighted by Crippen LogP contribution is -2.31. The Morgan fingerprint density at radius 3 is 2.33 bits per heavy atom. The molecule has 3 aromatic carbocycles. The first-order chi connectivity index (χ1) is 21.7. The Morgan fingerprint density at radius 1 is 0.978 bits per heavy atom. The molecule has 12 heteroatoms. The number of nitrogens with zero attached hydrogens (tertiary/aromatic N) is 5. The maximum Gasteiger partial charge on any atom is 0.316 e. The number of aromatic nitrogens is 4. The second kappa shape index (κ2) is 14.4. The zero-order valence-corrected chi connectivity index (χ0v) is 26.0. The number of rotatable bonds is 11. The van der Waals surface area contributed by atoms with Crippen molar-refractivity contribution in [3.05, 3.63) is 135 Å². The van der Waals surface area contributed by atoms with Gasteiger partial charge in [0.2, 0.25) is 5.91 Å². The van der Waals surface area contributed by atoms with Crippen LogP contribution in [0.3, 0.4) is 0 Å². The van der Waals surface area contributed by atoms with Crippen LogP contribution >= 0.6 is 23.4 Å². The molecular formula is C33H28ClF2N5O3S. The predicted octanol–water partition coefficient (Wildman–Crippen LogP) is 6.18. The molecule has 2 aromatic heterocycles. The van der Waals surface area contributed by atoms with Crippen molar-refractivity contribution in [2.75, 3.05) is 14.2 Å². The van der Waals surface area contributed by atoms with Crippen LogP contribution in [0, 0.1) is 11.6 Å². The lowest BCUT2D eigenvalue weighted by Gasteiger charge is -2.20. The van der Waals surface area contributed by atoms with Crippen LogP contribution in [0.5, 0.6) is 6.01 Å². The zero-order valence-electron chi connectivity index (χ0n) is 24.4. The van der Waals surface area contributed by atoms with Gasteiger partial charge in [-0.05, 0) is 52.6 Å². The lowest BCUT2D eigenvalue weighted by atomic mass is 10.0. The van der Waals surface area contributed by atoms with Crippen molar-refractivity contribution >= 4 is 29.3 Å². The van der Waals surface area contributed by atoms with Crippen LogP contribution < -0.4 is 10.3 Å². The minimum absolute atomic E-state index is 0.0737. The number of carbonyl (C=O) groups excluding carboxylic acids is 1. The summed E-state index contributed by atoms with van der Waals surface area (Å²) in [6, 6.07) is 18.1. The van der Waals surface area contributed by atoms with E-state index < -0.39 is 11.4 Å². The molecule has 5 aromatic rings. The molecule has 5 rings (SSSR count). The maximum atomic E-state index is 14.4. The van der Waals surface area contributed by atoms with Crippen LogP contribution in [-0.2, 0) is 30.1 Å². The SMILES string of the molecule is COc1ncc(Cc2cn(CC(=O)N(C)Cc3ccc(-c4ccc(Cl)cc4F)cc3)c(SCc3ccc(F)cc3)nc2=O)cn1. The molecule has 0 fully saturated rings. The summed E-state index contributed by atoms with van der Waals surface area (Å²) >= 11 is 7.15. The van der Waals surface area contributed by atoms with E-state index in [1.54, 1.807) is 71.5 Å². The molecule has 1 amide bonds. The third kappa shape index (κ3) is 8.31. The summed E-state index contributed by atoms with van der Waals surface area (Å²) in [4.78, 5) is 40.5. The molecular weight excluding hydrogens is 620 g/mol. The van der Waals surface area contributed by atoms with Gasteiger partial charge >= 0.3 is 6.01 Å². The Morgan fingerprint density at radius 2 is 1.67 bits per heavy atom. The third-order valence-corrected chi connectivity index (χ3v) is 8.21. The Bertz CT molecular complexity index is 1850. The number of hydrogen-bond donors (Lipinski definition) is 0. The summed E-state index contributed by atoms with van der Waals surface area (Å²) in [7, 11) is 3.15. The quantitative estimate of drug-likeness (QED) is 0.125. The normalized spacial score (nSPS) is 11.0. The van der Waals surface area contributed by atoms with Crippen LogP contribution in [0.1, 0.15) is 22.3 Å². The third-order valence-electron chi connectivity index (χ3n) is 6.92. The Labute approximate surface area is 267 Å². The van der Waals surface area contributed by atoms with E-state index >= 15 is 0 Å². The molecule has 0 unspecified atom stereocenters. The van der Waals surface area contributed by atoms with Gasteiger partial charge in [-0.3, -0.25) is 9.59 Å². The highest BCUT2D eigenvalue weighted by Crippen LogP contribution is 2.26. The van der Waals surface area contributed by atoms with Crippen LogP contribution in [0.25, 0.3) is 11.1 Å². The number of halogens is 3. The molecule has 45 heavy (non-hydrogen) atoms. The standard InChI is InChI=1S/C33H28ClF2N5O3S/c1-40(17-21-3-7-24(8-4-21)28-12-9-26(34)14-29(28)36)30(42)19-41-18-25(13-23-15-37-32(44-2)38-16-23)31(43)39-33(41)45-20-22-5-10-27(35)11-6-22/h3-12,14-16,18H,13,17,19-20H2,1-2H3. The van der Waals surface area contributed by atoms with Gasteiger partial charge in [-0.15, -0.1) is 0 Å². The number of thioether (sulfide) groups is 1. The Hall–Kier alpha value is -4.61. The minimum Gasteiger partial charge on any atom is -0.467 e. The average Bonchev–Trinajstić information content (AvgIpc) is 3.03. The summed E-state index contributed by atoms with van der Waals surface area (Å²) in [5.74, 6) is -0.547. The Kier molecular flexibility index (Phi) is 10.2. The first kappa shape index (κ1) is 31.8. The van der Waals surface area contributed by atoms with E-state index in [0.29, 0.717) is 44.7 Å². The molecule has 0 aliphatic heterocycles. The van der Waals surface area contributed by atoms with E-state index in [2.05, 4.69) is 15.0 Å². The predicted molar refractivity (Wildman–Crippen MR) is 169 cm³/mol. The van der Waals surface area contributed by atoms with Crippen LogP contribution in [-0.4, -0.2) is 44.5 Å². The molecule has 0 aliphatic carbocycles. The fourth-order valence-corrected chi connectivity index (χ4v) is 5.58. The van der Waals surface area contributed by atoms with Gasteiger partial charge in [-0.1, -0.05) is 59.8 Å². The minimum atomic E-state index is -0.429. The Balaban J connectivity index is 1.34. The number of ether oxygens (including phenoxy) is 1. The summed E-state index contributed by atoms with van der Waals surface area (Å²) in [5, 5.41) is 0.681. The topological polar surface area (TPSA) is 90.2 Å². The van der Waals surface area contributed by atoms with Crippen molar-refractivity contribution in [3.63, 3.8) is 0 Å². The van der Waals surface area contributed by atoms with Gasteiger partial charge in [0.1, 0.15) is 18.2 Å². The summed E-state index contributed by atoms with van der Waals surface area (Å²) in [6.07, 6.45) is 4.98. The molecule has 0 spiro atoms. The number of likely N-dealkylation sites (N-methyl/N-ethyl adjacent to an activating group) is 1. The maximum absolute atomic E-state index is 14.4. The molecule has 0 saturated carbocycles. The van der Waals surface area contributed by atoms with Gasteiger partial charge < -0.3 is 14.2 Å². The molecule has 0 radical (unpaired) electrons. The molecule has 2 heterocycles. The van der Waals surface area contributed by atoms with Crippen molar-refractivity contribution in [2.24, 2.45) is 0 Å². The monoisotopic (exact) mass is 647 g/mol. The highest BCUT2D eigenvalue weighted by molar-refractivity contribution is 7.98. The highest BCUT2D eigenvalue weighted by Gasteiger charge is 2.17. The fraction of sp³-hybridized carbons (Fsp3) is 0.182. The number of carbonyl (C=O) groups is 1. The van der Waals surface area contributed by atoms with E-state index in [9.17, 15) is 18.4 Å². The van der Waals surface area contributed by atoms with Crippen LogP contribution in [0.4, 0.5) is 8.78 Å². The van der Waals surface area contributed by atoms with E-state index in [1.165, 1.54) is 37.1 Å². The van der Waals surface area contributed by atoms with Crippen molar-refractivity contribution in [1.82, 2.24) is 24.4 Å². The first-order valence-electron chi connectivity index (χ1n) is 13.8. The van der Waals surface area contributed by atoms with E-state index in [1.807, 2.05) is 12.1 Å². The van der Waals surface area contributed by atoms with Gasteiger partial charge in [-0.25, -0.2) is 18.7 Å². The van der Waals surface area contributed by atoms with Crippen LogP contribution in [0.15, 0.2) is 95.3 Å². The average molecular weight is 648 g/mol. The second-order valence-corrected chi connectivity index (χ2v) is 11.6. The van der Waals surface area contributed by atoms with Crippen molar-refractivity contribution < 1.29 is 18.3 Å². The fourth-order valence-electron chi connectivity index (χ4n) is 4.50. The summed E-state index contributed by atoms with van der Waals surface area (Å²) in [6.45, 7) is 0.236. The molecule has 8 nitrogen and oxygen atoms in total. The van der Waals surface area contributed by atoms with E-state index in [0.717, 1.165) is 11.1 Å². The second-order valence-electron chi connectivity index (χ2n) is 10.2. The molecule has 0 aliphatic rings. The summed E-state index contributed by atoms with van der Waals surface area (Å²) in [5.41, 5.74) is 3.44. The number of amides is 1. The lowest BCUT2D eigenvalue weighted by molar-refractivity contribution is -0.131. The van der Waals surface area contributed by atoms with Gasteiger partial charge in [0.05, 0.1) is 7.11 Å². The molecule has 0 atom stereocenters. The molecule has 230 valence electrons. The molecule has 0 N–H and O–H groups in total. The number of methoxy groups -OCH3 is 1. The van der Waals surface area contributed by atoms with Crippen molar-refractivity contribution in [2.45, 2.75) is 30.4 Å². The van der Waals surface area contributed by atoms with E-state index in [4.69, 9.17) is 16.3 Å². The molecule has 0 saturated heterocycles. The number of benzene rings is 3. The van der Waals surface area contributed by atoms with Gasteiger partial charge in [0.15, 0.2) is 5.16 Å². The molecule has 0 bridgehead atoms. The van der Waals surface area contributed by atoms with Crippen LogP contribution in [0.2, 0.25) is 5.02 Å². The first-order valence-corrected chi connectivity index (χ1v) is 15.2. The summed E-state index contributed by atoms with van der Waals surface area (Å²) < 4.78 is 34.4. The number of hydrogen-bond acceptors (Lipinski definition) is 7. The van der Waals surface area contributed by atoms with Crippen molar-refractivity contribution in [1.29, 1.82) is 0 Å². The van der Waals surface area contributed by atoms with Gasteiger partial charge in [0.25, 0.3) is 5.56 Å². The smallest absolute Gasteiger partial charge is 0.316 e. The highest BCUT2D eigenvalue weighted by atomic mass is 35.5. The zero-order chi connectivity index (χ0) is 31.9. The van der Waals surface area contributed by atoms with E-state index in [-0.39, 0.29) is 30.7 Å².